The molecule has 0 radical (unpaired) electrons. The number of nitro groups is 1. The van der Waals surface area contributed by atoms with Gasteiger partial charge in [0.1, 0.15) is 5.75 Å². The summed E-state index contributed by atoms with van der Waals surface area (Å²) < 4.78 is 9.99. The normalized spacial score (nSPS) is 17.4. The van der Waals surface area contributed by atoms with Crippen molar-refractivity contribution in [3.8, 4) is 5.75 Å². The summed E-state index contributed by atoms with van der Waals surface area (Å²) in [6.07, 6.45) is 3.74. The van der Waals surface area contributed by atoms with Gasteiger partial charge >= 0.3 is 0 Å². The fraction of sp³-hybridized carbons (Fsp3) is 0.438. The molecule has 0 unspecified atom stereocenters. The Balaban J connectivity index is 1.99. The van der Waals surface area contributed by atoms with Crippen molar-refractivity contribution < 1.29 is 19.0 Å². The third-order valence-electron chi connectivity index (χ3n) is 4.44. The molecule has 2 aromatic rings. The van der Waals surface area contributed by atoms with Gasteiger partial charge in [-0.3, -0.25) is 14.9 Å². The molecule has 0 saturated carbocycles. The molecule has 3 rings (SSSR count). The number of carbonyl (C=O) groups is 1. The second-order valence-corrected chi connectivity index (χ2v) is 5.88. The number of carbonyl (C=O) groups excluding carboxylic acids is 1. The van der Waals surface area contributed by atoms with Gasteiger partial charge in [-0.15, -0.1) is 0 Å². The van der Waals surface area contributed by atoms with Crippen LogP contribution in [-0.2, 0) is 0 Å². The summed E-state index contributed by atoms with van der Waals surface area (Å²) in [6.45, 7) is 2.12. The van der Waals surface area contributed by atoms with Crippen LogP contribution in [0.2, 0.25) is 0 Å². The van der Waals surface area contributed by atoms with Crippen LogP contribution in [-0.4, -0.2) is 39.5 Å². The van der Waals surface area contributed by atoms with Crippen LogP contribution in [0, 0.1) is 17.0 Å². The first-order chi connectivity index (χ1) is 12.0. The smallest absolute Gasteiger partial charge is 0.276 e. The summed E-state index contributed by atoms with van der Waals surface area (Å²) in [7, 11) is 1.42. The van der Waals surface area contributed by atoms with Crippen LogP contribution >= 0.6 is 0 Å². The largest absolute Gasteiger partial charge is 0.496 e. The number of amides is 1. The number of methoxy groups -OCH3 is 1. The zero-order valence-electron chi connectivity index (χ0n) is 14.0. The Kier molecular flexibility index (Phi) is 4.64. The predicted molar refractivity (Wildman–Crippen MR) is 86.3 cm³/mol. The molecule has 0 spiro atoms. The van der Waals surface area contributed by atoms with E-state index in [2.05, 4.69) is 10.1 Å². The molecule has 1 fully saturated rings. The molecule has 1 amide bonds. The van der Waals surface area contributed by atoms with E-state index in [-0.39, 0.29) is 23.2 Å². The third-order valence-corrected chi connectivity index (χ3v) is 4.44. The molecular formula is C16H18N4O5. The van der Waals surface area contributed by atoms with Crippen molar-refractivity contribution in [2.45, 2.75) is 32.2 Å². The monoisotopic (exact) mass is 346 g/mol. The number of nitro benzene ring substituents is 1. The van der Waals surface area contributed by atoms with Crippen molar-refractivity contribution in [3.05, 3.63) is 45.6 Å². The lowest BCUT2D eigenvalue weighted by Gasteiger charge is -2.33. The minimum Gasteiger partial charge on any atom is -0.496 e. The summed E-state index contributed by atoms with van der Waals surface area (Å²) in [5.74, 6) is 0.447. The van der Waals surface area contributed by atoms with Gasteiger partial charge in [0, 0.05) is 12.6 Å². The number of benzene rings is 1. The van der Waals surface area contributed by atoms with Crippen molar-refractivity contribution in [1.29, 1.82) is 0 Å². The number of piperidine rings is 1. The van der Waals surface area contributed by atoms with Crippen LogP contribution in [0.15, 0.2) is 23.0 Å². The summed E-state index contributed by atoms with van der Waals surface area (Å²) in [5, 5.41) is 15.1. The zero-order valence-corrected chi connectivity index (χ0v) is 14.0. The molecule has 1 aliphatic rings. The second kappa shape index (κ2) is 6.88. The number of hydrogen-bond donors (Lipinski definition) is 0. The lowest BCUT2D eigenvalue weighted by Crippen LogP contribution is -2.39. The first-order valence-electron chi connectivity index (χ1n) is 7.93. The fourth-order valence-electron chi connectivity index (χ4n) is 3.13. The molecule has 0 aliphatic carbocycles. The molecule has 9 heteroatoms. The van der Waals surface area contributed by atoms with Crippen LogP contribution in [0.25, 0.3) is 0 Å². The van der Waals surface area contributed by atoms with E-state index in [1.165, 1.54) is 25.6 Å². The first-order valence-corrected chi connectivity index (χ1v) is 7.93. The van der Waals surface area contributed by atoms with E-state index in [9.17, 15) is 14.9 Å². The van der Waals surface area contributed by atoms with E-state index < -0.39 is 4.92 Å². The van der Waals surface area contributed by atoms with Gasteiger partial charge < -0.3 is 14.2 Å². The Hall–Kier alpha value is -2.97. The molecular weight excluding hydrogens is 328 g/mol. The quantitative estimate of drug-likeness (QED) is 0.618. The van der Waals surface area contributed by atoms with Crippen molar-refractivity contribution >= 4 is 11.6 Å². The van der Waals surface area contributed by atoms with Crippen molar-refractivity contribution in [3.63, 3.8) is 0 Å². The molecule has 1 aromatic heterocycles. The maximum atomic E-state index is 13.0. The second-order valence-electron chi connectivity index (χ2n) is 5.88. The van der Waals surface area contributed by atoms with Crippen molar-refractivity contribution in [2.75, 3.05) is 13.7 Å². The van der Waals surface area contributed by atoms with Gasteiger partial charge in [-0.05, 0) is 32.3 Å². The summed E-state index contributed by atoms with van der Waals surface area (Å²) in [4.78, 5) is 29.5. The lowest BCUT2D eigenvalue weighted by atomic mass is 9.99. The van der Waals surface area contributed by atoms with Gasteiger partial charge in [0.15, 0.2) is 5.82 Å². The molecule has 0 bridgehead atoms. The van der Waals surface area contributed by atoms with Crippen LogP contribution in [0.5, 0.6) is 5.75 Å². The zero-order chi connectivity index (χ0) is 18.0. The Bertz CT molecular complexity index is 790. The standard InChI is InChI=1S/C16H18N4O5/c1-10-13(20(22)23)7-11(8-14(10)24-2)16(21)19-6-4-3-5-12(19)15-17-9-25-18-15/h7-9,12H,3-6H2,1-2H3/t12-/m0/s1. The van der Waals surface area contributed by atoms with Crippen molar-refractivity contribution in [2.24, 2.45) is 0 Å². The highest BCUT2D eigenvalue weighted by Crippen LogP contribution is 2.33. The van der Waals surface area contributed by atoms with Crippen LogP contribution in [0.4, 0.5) is 5.69 Å². The first kappa shape index (κ1) is 16.9. The van der Waals surface area contributed by atoms with E-state index >= 15 is 0 Å². The highest BCUT2D eigenvalue weighted by Gasteiger charge is 2.32. The summed E-state index contributed by atoms with van der Waals surface area (Å²) in [6, 6.07) is 2.53. The SMILES string of the molecule is COc1cc(C(=O)N2CCCC[C@H]2c2ncon2)cc([N+](=O)[O-])c1C. The molecule has 1 aromatic carbocycles. The van der Waals surface area contributed by atoms with Gasteiger partial charge in [0.25, 0.3) is 11.6 Å². The van der Waals surface area contributed by atoms with Gasteiger partial charge in [-0.1, -0.05) is 5.16 Å². The van der Waals surface area contributed by atoms with Gasteiger partial charge in [0.2, 0.25) is 6.39 Å². The molecule has 2 heterocycles. The minimum atomic E-state index is -0.512. The van der Waals surface area contributed by atoms with E-state index in [0.29, 0.717) is 23.7 Å². The highest BCUT2D eigenvalue weighted by atomic mass is 16.6. The average molecular weight is 346 g/mol. The lowest BCUT2D eigenvalue weighted by molar-refractivity contribution is -0.385. The minimum absolute atomic E-state index is 0.143. The highest BCUT2D eigenvalue weighted by molar-refractivity contribution is 5.96. The molecule has 25 heavy (non-hydrogen) atoms. The summed E-state index contributed by atoms with van der Waals surface area (Å²) in [5.41, 5.74) is 0.456. The molecule has 1 aliphatic heterocycles. The number of rotatable bonds is 4. The Morgan fingerprint density at radius 3 is 2.88 bits per heavy atom. The third kappa shape index (κ3) is 3.17. The van der Waals surface area contributed by atoms with E-state index in [4.69, 9.17) is 9.26 Å². The van der Waals surface area contributed by atoms with Gasteiger partial charge in [-0.25, -0.2) is 0 Å². The van der Waals surface area contributed by atoms with Crippen LogP contribution < -0.4 is 4.74 Å². The Morgan fingerprint density at radius 2 is 2.24 bits per heavy atom. The number of likely N-dealkylation sites (tertiary alicyclic amines) is 1. The van der Waals surface area contributed by atoms with Gasteiger partial charge in [-0.2, -0.15) is 4.98 Å². The van der Waals surface area contributed by atoms with E-state index in [1.807, 2.05) is 0 Å². The maximum Gasteiger partial charge on any atom is 0.276 e. The van der Waals surface area contributed by atoms with Crippen LogP contribution in [0.1, 0.15) is 47.1 Å². The molecule has 9 nitrogen and oxygen atoms in total. The summed E-state index contributed by atoms with van der Waals surface area (Å²) >= 11 is 0. The molecule has 0 N–H and O–H groups in total. The molecule has 1 atom stereocenters. The number of ether oxygens (including phenoxy) is 1. The Morgan fingerprint density at radius 1 is 1.44 bits per heavy atom. The average Bonchev–Trinajstić information content (AvgIpc) is 3.15. The predicted octanol–water partition coefficient (Wildman–Crippen LogP) is 2.66. The van der Waals surface area contributed by atoms with E-state index in [1.54, 1.807) is 11.8 Å². The number of hydrogen-bond acceptors (Lipinski definition) is 7. The Labute approximate surface area is 143 Å². The number of nitrogens with zero attached hydrogens (tertiary/aromatic N) is 4. The number of aromatic nitrogens is 2. The topological polar surface area (TPSA) is 112 Å². The van der Waals surface area contributed by atoms with E-state index in [0.717, 1.165) is 19.3 Å². The fourth-order valence-corrected chi connectivity index (χ4v) is 3.13. The van der Waals surface area contributed by atoms with Crippen LogP contribution in [0.3, 0.4) is 0 Å². The molecule has 1 saturated heterocycles. The van der Waals surface area contributed by atoms with Gasteiger partial charge in [0.05, 0.1) is 29.2 Å². The molecule has 132 valence electrons. The van der Waals surface area contributed by atoms with Crippen molar-refractivity contribution in [1.82, 2.24) is 15.0 Å². The maximum absolute atomic E-state index is 13.0.